The van der Waals surface area contributed by atoms with Gasteiger partial charge in [-0.1, -0.05) is 6.92 Å². The Hall–Kier alpha value is -1.20. The molecular formula is C17H19N2O3Y-. The summed E-state index contributed by atoms with van der Waals surface area (Å²) in [5.74, 6) is -0.115. The number of amides is 2. The van der Waals surface area contributed by atoms with Crippen molar-refractivity contribution < 1.29 is 47.4 Å². The molecule has 119 valence electrons. The largest absolute Gasteiger partial charge is 0.509 e. The van der Waals surface area contributed by atoms with Crippen LogP contribution in [0.4, 0.5) is 0 Å². The number of aliphatic hydroxyl groups is 1. The standard InChI is InChI=1S/C17H19N2O3.Y/c1-11-5-3-4-6-13(11)14-15(21)17(18-16(14)22)7-9-19(10-8-17)12(2)20;/h4-6,21H,7-10H2,1-2H3,(H,18,22);/q-1;. The summed E-state index contributed by atoms with van der Waals surface area (Å²) in [6.07, 6.45) is 1.07. The number of aliphatic hydroxyl groups excluding tert-OH is 1. The fraction of sp³-hybridized carbons (Fsp3) is 0.412. The van der Waals surface area contributed by atoms with Crippen LogP contribution in [0.5, 0.6) is 0 Å². The van der Waals surface area contributed by atoms with Crippen LogP contribution in [-0.4, -0.2) is 40.4 Å². The number of hydrogen-bond acceptors (Lipinski definition) is 3. The maximum atomic E-state index is 12.4. The first-order valence-electron chi connectivity index (χ1n) is 7.43. The zero-order valence-electron chi connectivity index (χ0n) is 13.3. The molecule has 2 aliphatic rings. The van der Waals surface area contributed by atoms with Crippen LogP contribution in [0.1, 0.15) is 30.9 Å². The van der Waals surface area contributed by atoms with Gasteiger partial charge in [0.1, 0.15) is 11.3 Å². The van der Waals surface area contributed by atoms with E-state index in [4.69, 9.17) is 0 Å². The molecule has 0 bridgehead atoms. The summed E-state index contributed by atoms with van der Waals surface area (Å²) < 4.78 is 0. The van der Waals surface area contributed by atoms with Crippen LogP contribution in [0, 0.1) is 13.0 Å². The molecule has 1 aromatic carbocycles. The van der Waals surface area contributed by atoms with Crippen molar-refractivity contribution in [2.24, 2.45) is 0 Å². The number of carbonyl (C=O) groups is 2. The minimum atomic E-state index is -0.732. The molecule has 23 heavy (non-hydrogen) atoms. The Kier molecular flexibility index (Phi) is 5.31. The van der Waals surface area contributed by atoms with Gasteiger partial charge < -0.3 is 15.3 Å². The third-order valence-corrected chi connectivity index (χ3v) is 4.67. The number of benzene rings is 1. The van der Waals surface area contributed by atoms with E-state index in [9.17, 15) is 14.7 Å². The van der Waals surface area contributed by atoms with Gasteiger partial charge in [-0.25, -0.2) is 0 Å². The number of nitrogens with zero attached hydrogens (tertiary/aromatic N) is 1. The summed E-state index contributed by atoms with van der Waals surface area (Å²) in [7, 11) is 0. The van der Waals surface area contributed by atoms with Crippen LogP contribution in [0.2, 0.25) is 0 Å². The van der Waals surface area contributed by atoms with Gasteiger partial charge in [0.2, 0.25) is 5.91 Å². The van der Waals surface area contributed by atoms with E-state index in [1.807, 2.05) is 6.92 Å². The molecule has 0 unspecified atom stereocenters. The zero-order chi connectivity index (χ0) is 15.9. The van der Waals surface area contributed by atoms with Crippen LogP contribution in [-0.2, 0) is 42.3 Å². The molecular weight excluding hydrogens is 369 g/mol. The second-order valence-corrected chi connectivity index (χ2v) is 6.01. The molecule has 1 spiro atoms. The third kappa shape index (κ3) is 3.09. The smallest absolute Gasteiger partial charge is 0.254 e. The number of aryl methyl sites for hydroxylation is 1. The van der Waals surface area contributed by atoms with Gasteiger partial charge in [-0.3, -0.25) is 9.59 Å². The molecule has 0 saturated carbocycles. The van der Waals surface area contributed by atoms with Crippen LogP contribution in [0.25, 0.3) is 5.57 Å². The molecule has 0 atom stereocenters. The Labute approximate surface area is 161 Å². The molecule has 1 saturated heterocycles. The van der Waals surface area contributed by atoms with Crippen LogP contribution >= 0.6 is 0 Å². The zero-order valence-corrected chi connectivity index (χ0v) is 16.2. The summed E-state index contributed by atoms with van der Waals surface area (Å²) in [5.41, 5.74) is 1.25. The Bertz CT molecular complexity index is 676. The van der Waals surface area contributed by atoms with E-state index >= 15 is 0 Å². The van der Waals surface area contributed by atoms with Crippen molar-refractivity contribution in [3.05, 3.63) is 41.2 Å². The average Bonchev–Trinajstić information content (AvgIpc) is 2.72. The van der Waals surface area contributed by atoms with Gasteiger partial charge in [-0.15, -0.1) is 5.56 Å². The Balaban J connectivity index is 0.00000192. The first-order valence-corrected chi connectivity index (χ1v) is 7.43. The van der Waals surface area contributed by atoms with Gasteiger partial charge in [0.25, 0.3) is 5.91 Å². The predicted molar refractivity (Wildman–Crippen MR) is 81.9 cm³/mol. The normalized spacial score (nSPS) is 19.6. The molecule has 3 rings (SSSR count). The SMILES string of the molecule is CC(=O)N1CCC2(CC1)NC(=O)C(c1cc[c-]cc1C)=C2O.[Y]. The van der Waals surface area contributed by atoms with E-state index < -0.39 is 5.54 Å². The maximum Gasteiger partial charge on any atom is 0.254 e. The maximum absolute atomic E-state index is 12.4. The Morgan fingerprint density at radius 1 is 1.39 bits per heavy atom. The van der Waals surface area contributed by atoms with E-state index in [1.54, 1.807) is 23.1 Å². The second-order valence-electron chi connectivity index (χ2n) is 6.01. The van der Waals surface area contributed by atoms with Gasteiger partial charge in [-0.05, 0) is 12.8 Å². The third-order valence-electron chi connectivity index (χ3n) is 4.67. The number of rotatable bonds is 1. The number of carbonyl (C=O) groups excluding carboxylic acids is 2. The quantitative estimate of drug-likeness (QED) is 0.718. The summed E-state index contributed by atoms with van der Waals surface area (Å²) in [4.78, 5) is 25.6. The number of hydrogen-bond donors (Lipinski definition) is 2. The van der Waals surface area contributed by atoms with E-state index in [0.29, 0.717) is 31.5 Å². The number of nitrogens with one attached hydrogen (secondary N) is 1. The molecule has 0 aliphatic carbocycles. The van der Waals surface area contributed by atoms with Crippen molar-refractivity contribution in [1.29, 1.82) is 0 Å². The van der Waals surface area contributed by atoms with Crippen molar-refractivity contribution in [2.75, 3.05) is 13.1 Å². The molecule has 5 nitrogen and oxygen atoms in total. The van der Waals surface area contributed by atoms with Crippen molar-refractivity contribution >= 4 is 17.4 Å². The summed E-state index contributed by atoms with van der Waals surface area (Å²) in [6, 6.07) is 8.29. The topological polar surface area (TPSA) is 69.6 Å². The van der Waals surface area contributed by atoms with Crippen LogP contribution in [0.15, 0.2) is 24.0 Å². The van der Waals surface area contributed by atoms with E-state index in [-0.39, 0.29) is 50.3 Å². The van der Waals surface area contributed by atoms with Crippen molar-refractivity contribution in [3.8, 4) is 0 Å². The summed E-state index contributed by atoms with van der Waals surface area (Å²) >= 11 is 0. The molecule has 1 radical (unpaired) electrons. The average molecular weight is 388 g/mol. The Morgan fingerprint density at radius 2 is 2.04 bits per heavy atom. The number of piperidine rings is 1. The molecule has 2 N–H and O–H groups in total. The number of likely N-dealkylation sites (tertiary alicyclic amines) is 1. The molecule has 0 aromatic heterocycles. The minimum Gasteiger partial charge on any atom is -0.509 e. The fourth-order valence-corrected chi connectivity index (χ4v) is 3.30. The minimum absolute atomic E-state index is 0. The van der Waals surface area contributed by atoms with Gasteiger partial charge in [0.05, 0.1) is 5.57 Å². The van der Waals surface area contributed by atoms with Gasteiger partial charge in [0.15, 0.2) is 0 Å². The van der Waals surface area contributed by atoms with Gasteiger partial charge in [-0.2, -0.15) is 29.8 Å². The van der Waals surface area contributed by atoms with Crippen LogP contribution in [0.3, 0.4) is 0 Å². The second kappa shape index (κ2) is 6.74. The van der Waals surface area contributed by atoms with Crippen molar-refractivity contribution in [1.82, 2.24) is 10.2 Å². The molecule has 2 aliphatic heterocycles. The Morgan fingerprint density at radius 3 is 2.61 bits per heavy atom. The molecule has 2 amide bonds. The van der Waals surface area contributed by atoms with E-state index in [0.717, 1.165) is 11.1 Å². The molecule has 2 heterocycles. The first kappa shape index (κ1) is 18.1. The van der Waals surface area contributed by atoms with Crippen molar-refractivity contribution in [2.45, 2.75) is 32.2 Å². The molecule has 1 fully saturated rings. The monoisotopic (exact) mass is 388 g/mol. The van der Waals surface area contributed by atoms with Crippen molar-refractivity contribution in [3.63, 3.8) is 0 Å². The predicted octanol–water partition coefficient (Wildman–Crippen LogP) is 1.57. The van der Waals surface area contributed by atoms with Crippen LogP contribution < -0.4 is 5.32 Å². The van der Waals surface area contributed by atoms with E-state index in [1.165, 1.54) is 6.92 Å². The van der Waals surface area contributed by atoms with E-state index in [2.05, 4.69) is 11.4 Å². The fourth-order valence-electron chi connectivity index (χ4n) is 3.30. The molecule has 6 heteroatoms. The van der Waals surface area contributed by atoms with Gasteiger partial charge >= 0.3 is 0 Å². The molecule has 1 aromatic rings. The van der Waals surface area contributed by atoms with Gasteiger partial charge in [0, 0.05) is 52.7 Å². The first-order chi connectivity index (χ1) is 10.4. The summed E-state index contributed by atoms with van der Waals surface area (Å²) in [5, 5.41) is 13.7. The summed E-state index contributed by atoms with van der Waals surface area (Å²) in [6.45, 7) is 4.50.